The number of hydrogen-bond acceptors (Lipinski definition) is 2. The minimum atomic E-state index is -0.163. The Hall–Kier alpha value is -2.13. The van der Waals surface area contributed by atoms with Crippen LogP contribution < -0.4 is 4.90 Å². The Morgan fingerprint density at radius 2 is 1.89 bits per heavy atom. The van der Waals surface area contributed by atoms with Crippen LogP contribution in [0, 0.1) is 11.7 Å². The second kappa shape index (κ2) is 9.70. The quantitative estimate of drug-likeness (QED) is 0.608. The van der Waals surface area contributed by atoms with Gasteiger partial charge < -0.3 is 9.80 Å². The van der Waals surface area contributed by atoms with Crippen LogP contribution in [0.5, 0.6) is 0 Å². The number of nitrogens with zero attached hydrogens (tertiary/aromatic N) is 2. The van der Waals surface area contributed by atoms with Gasteiger partial charge >= 0.3 is 0 Å². The lowest BCUT2D eigenvalue weighted by Crippen LogP contribution is -2.41. The van der Waals surface area contributed by atoms with Crippen molar-refractivity contribution in [2.45, 2.75) is 32.6 Å². The first kappa shape index (κ1) is 19.6. The summed E-state index contributed by atoms with van der Waals surface area (Å²) in [6, 6.07) is 17.7. The molecule has 3 rings (SSSR count). The lowest BCUT2D eigenvalue weighted by atomic mass is 9.96. The van der Waals surface area contributed by atoms with Crippen LogP contribution in [0.4, 0.5) is 10.1 Å². The van der Waals surface area contributed by atoms with Gasteiger partial charge in [-0.2, -0.15) is 0 Å². The summed E-state index contributed by atoms with van der Waals surface area (Å²) in [5.41, 5.74) is 3.04. The van der Waals surface area contributed by atoms with Gasteiger partial charge in [-0.05, 0) is 55.8 Å². The first-order valence-corrected chi connectivity index (χ1v) is 10.1. The maximum absolute atomic E-state index is 14.4. The van der Waals surface area contributed by atoms with E-state index in [1.807, 2.05) is 12.1 Å². The fourth-order valence-electron chi connectivity index (χ4n) is 3.95. The molecule has 1 aliphatic heterocycles. The van der Waals surface area contributed by atoms with Crippen molar-refractivity contribution in [3.63, 3.8) is 0 Å². The molecule has 0 aliphatic carbocycles. The van der Waals surface area contributed by atoms with Gasteiger partial charge in [0.05, 0.1) is 5.69 Å². The van der Waals surface area contributed by atoms with Gasteiger partial charge in [-0.3, -0.25) is 0 Å². The largest absolute Gasteiger partial charge is 0.343 e. The standard InChI is InChI=1S/C24H31FN2/c1-3-20(2)27(24-14-8-7-13-23(24)25)19-22-12-9-16-26(18-22)17-15-21-10-5-4-6-11-21/h4-8,10-11,13-14,22H,2-3,9,12,15-19H2,1H3. The van der Waals surface area contributed by atoms with Crippen LogP contribution in [-0.2, 0) is 6.42 Å². The molecule has 0 amide bonds. The number of halogens is 1. The molecule has 0 saturated carbocycles. The topological polar surface area (TPSA) is 6.48 Å². The third-order valence-corrected chi connectivity index (χ3v) is 5.54. The molecule has 1 atom stereocenters. The van der Waals surface area contributed by atoms with Crippen LogP contribution in [0.3, 0.4) is 0 Å². The lowest BCUT2D eigenvalue weighted by Gasteiger charge is -2.37. The molecule has 0 aromatic heterocycles. The van der Waals surface area contributed by atoms with E-state index in [0.29, 0.717) is 11.6 Å². The van der Waals surface area contributed by atoms with Crippen molar-refractivity contribution in [3.05, 3.63) is 78.3 Å². The molecule has 2 nitrogen and oxygen atoms in total. The summed E-state index contributed by atoms with van der Waals surface area (Å²) in [7, 11) is 0. The summed E-state index contributed by atoms with van der Waals surface area (Å²) in [4.78, 5) is 4.66. The first-order chi connectivity index (χ1) is 13.2. The molecule has 3 heteroatoms. The number of para-hydroxylation sites is 1. The van der Waals surface area contributed by atoms with Crippen LogP contribution in [0.1, 0.15) is 31.7 Å². The van der Waals surface area contributed by atoms with Crippen molar-refractivity contribution < 1.29 is 4.39 Å². The fourth-order valence-corrected chi connectivity index (χ4v) is 3.95. The molecular weight excluding hydrogens is 335 g/mol. The van der Waals surface area contributed by atoms with Gasteiger partial charge in [0.25, 0.3) is 0 Å². The Labute approximate surface area is 163 Å². The summed E-state index contributed by atoms with van der Waals surface area (Å²) in [5, 5.41) is 0. The molecule has 2 aromatic carbocycles. The van der Waals surface area contributed by atoms with Gasteiger partial charge in [0.2, 0.25) is 0 Å². The highest BCUT2D eigenvalue weighted by Crippen LogP contribution is 2.27. The van der Waals surface area contributed by atoms with Gasteiger partial charge in [0.1, 0.15) is 5.82 Å². The molecule has 0 N–H and O–H groups in total. The van der Waals surface area contributed by atoms with E-state index in [9.17, 15) is 4.39 Å². The van der Waals surface area contributed by atoms with E-state index in [1.165, 1.54) is 24.5 Å². The molecular formula is C24H31FN2. The number of anilines is 1. The second-order valence-corrected chi connectivity index (χ2v) is 7.53. The van der Waals surface area contributed by atoms with E-state index < -0.39 is 0 Å². The summed E-state index contributed by atoms with van der Waals surface area (Å²) in [6.07, 6.45) is 4.33. The fraction of sp³-hybridized carbons (Fsp3) is 0.417. The van der Waals surface area contributed by atoms with Crippen LogP contribution in [0.25, 0.3) is 0 Å². The highest BCUT2D eigenvalue weighted by molar-refractivity contribution is 5.52. The first-order valence-electron chi connectivity index (χ1n) is 10.1. The van der Waals surface area contributed by atoms with Gasteiger partial charge in [-0.15, -0.1) is 0 Å². The minimum absolute atomic E-state index is 0.163. The Kier molecular flexibility index (Phi) is 7.05. The monoisotopic (exact) mass is 366 g/mol. The molecule has 27 heavy (non-hydrogen) atoms. The van der Waals surface area contributed by atoms with Gasteiger partial charge in [-0.1, -0.05) is 56.0 Å². The summed E-state index contributed by atoms with van der Waals surface area (Å²) in [6.45, 7) is 10.5. The third kappa shape index (κ3) is 5.43. The molecule has 1 fully saturated rings. The molecule has 0 bridgehead atoms. The number of piperidine rings is 1. The van der Waals surface area contributed by atoms with E-state index in [2.05, 4.69) is 53.6 Å². The van der Waals surface area contributed by atoms with Crippen LogP contribution in [-0.4, -0.2) is 31.1 Å². The van der Waals surface area contributed by atoms with Crippen molar-refractivity contribution in [2.24, 2.45) is 5.92 Å². The van der Waals surface area contributed by atoms with Crippen molar-refractivity contribution in [2.75, 3.05) is 31.1 Å². The number of benzene rings is 2. The summed E-state index contributed by atoms with van der Waals surface area (Å²) < 4.78 is 14.4. The second-order valence-electron chi connectivity index (χ2n) is 7.53. The van der Waals surface area contributed by atoms with E-state index >= 15 is 0 Å². The van der Waals surface area contributed by atoms with E-state index in [0.717, 1.165) is 44.7 Å². The van der Waals surface area contributed by atoms with Crippen LogP contribution >= 0.6 is 0 Å². The third-order valence-electron chi connectivity index (χ3n) is 5.54. The maximum atomic E-state index is 14.4. The molecule has 1 saturated heterocycles. The van der Waals surface area contributed by atoms with Crippen LogP contribution in [0.15, 0.2) is 66.9 Å². The van der Waals surface area contributed by atoms with Crippen molar-refractivity contribution in [1.82, 2.24) is 4.90 Å². The molecule has 1 aliphatic rings. The summed E-state index contributed by atoms with van der Waals surface area (Å²) >= 11 is 0. The highest BCUT2D eigenvalue weighted by Gasteiger charge is 2.24. The van der Waals surface area contributed by atoms with Gasteiger partial charge in [0, 0.05) is 25.3 Å². The molecule has 2 aromatic rings. The molecule has 0 radical (unpaired) electrons. The van der Waals surface area contributed by atoms with E-state index in [4.69, 9.17) is 0 Å². The van der Waals surface area contributed by atoms with E-state index in [-0.39, 0.29) is 5.82 Å². The lowest BCUT2D eigenvalue weighted by molar-refractivity contribution is 0.179. The number of likely N-dealkylation sites (tertiary alicyclic amines) is 1. The van der Waals surface area contributed by atoms with Gasteiger partial charge in [-0.25, -0.2) is 4.39 Å². The maximum Gasteiger partial charge on any atom is 0.146 e. The summed E-state index contributed by atoms with van der Waals surface area (Å²) in [5.74, 6) is 0.376. The Morgan fingerprint density at radius 3 is 2.63 bits per heavy atom. The molecule has 1 unspecified atom stereocenters. The predicted octanol–water partition coefficient (Wildman–Crippen LogP) is 5.51. The van der Waals surface area contributed by atoms with Gasteiger partial charge in [0.15, 0.2) is 0 Å². The normalized spacial score (nSPS) is 17.6. The Balaban J connectivity index is 1.62. The zero-order chi connectivity index (χ0) is 19.1. The Morgan fingerprint density at radius 1 is 1.15 bits per heavy atom. The molecule has 144 valence electrons. The van der Waals surface area contributed by atoms with Crippen molar-refractivity contribution >= 4 is 5.69 Å². The Bertz CT molecular complexity index is 728. The number of hydrogen-bond donors (Lipinski definition) is 0. The minimum Gasteiger partial charge on any atom is -0.343 e. The predicted molar refractivity (Wildman–Crippen MR) is 112 cm³/mol. The van der Waals surface area contributed by atoms with E-state index in [1.54, 1.807) is 6.07 Å². The van der Waals surface area contributed by atoms with Crippen molar-refractivity contribution in [1.29, 1.82) is 0 Å². The zero-order valence-corrected chi connectivity index (χ0v) is 16.4. The smallest absolute Gasteiger partial charge is 0.146 e. The zero-order valence-electron chi connectivity index (χ0n) is 16.4. The molecule has 0 spiro atoms. The molecule has 1 heterocycles. The SMILES string of the molecule is C=C(CC)N(CC1CCCN(CCc2ccccc2)C1)c1ccccc1F. The number of allylic oxidation sites excluding steroid dienone is 1. The average Bonchev–Trinajstić information content (AvgIpc) is 2.72. The highest BCUT2D eigenvalue weighted by atomic mass is 19.1. The van der Waals surface area contributed by atoms with Crippen molar-refractivity contribution in [3.8, 4) is 0 Å². The average molecular weight is 367 g/mol. The van der Waals surface area contributed by atoms with Crippen LogP contribution in [0.2, 0.25) is 0 Å². The number of rotatable bonds is 8.